The fourth-order valence-electron chi connectivity index (χ4n) is 2.12. The van der Waals surface area contributed by atoms with Gasteiger partial charge in [-0.25, -0.2) is 4.39 Å². The van der Waals surface area contributed by atoms with Gasteiger partial charge in [0.15, 0.2) is 0 Å². The van der Waals surface area contributed by atoms with Gasteiger partial charge in [-0.3, -0.25) is 4.98 Å². The highest BCUT2D eigenvalue weighted by Gasteiger charge is 2.42. The van der Waals surface area contributed by atoms with E-state index in [1.807, 2.05) is 6.07 Å². The van der Waals surface area contributed by atoms with Crippen molar-refractivity contribution >= 4 is 24.8 Å². The van der Waals surface area contributed by atoms with Crippen LogP contribution in [0.4, 0.5) is 4.39 Å². The molecule has 0 aliphatic heterocycles. The molecule has 22 heavy (non-hydrogen) atoms. The summed E-state index contributed by atoms with van der Waals surface area (Å²) in [4.78, 5) is 4.18. The van der Waals surface area contributed by atoms with Crippen molar-refractivity contribution in [3.8, 4) is 16.9 Å². The van der Waals surface area contributed by atoms with Crippen LogP contribution in [0.3, 0.4) is 0 Å². The zero-order valence-corrected chi connectivity index (χ0v) is 13.6. The molecule has 0 unspecified atom stereocenters. The molecule has 3 rings (SSSR count). The highest BCUT2D eigenvalue weighted by molar-refractivity contribution is 5.85. The van der Waals surface area contributed by atoms with Gasteiger partial charge in [-0.1, -0.05) is 12.1 Å². The summed E-state index contributed by atoms with van der Waals surface area (Å²) >= 11 is 0. The van der Waals surface area contributed by atoms with Crippen molar-refractivity contribution in [1.29, 1.82) is 0 Å². The van der Waals surface area contributed by atoms with Crippen LogP contribution in [-0.2, 0) is 0 Å². The first-order valence-electron chi connectivity index (χ1n) is 6.75. The first-order valence-corrected chi connectivity index (χ1v) is 6.75. The molecule has 1 aromatic carbocycles. The fraction of sp³-hybridized carbons (Fsp3) is 0.312. The molecule has 0 atom stereocenters. The molecule has 0 saturated heterocycles. The van der Waals surface area contributed by atoms with Gasteiger partial charge in [0.1, 0.15) is 11.6 Å². The summed E-state index contributed by atoms with van der Waals surface area (Å²) in [5, 5.41) is 0. The van der Waals surface area contributed by atoms with Crippen LogP contribution in [0.1, 0.15) is 12.8 Å². The normalized spacial score (nSPS) is 14.5. The second-order valence-electron chi connectivity index (χ2n) is 5.41. The zero-order valence-electron chi connectivity index (χ0n) is 12.0. The van der Waals surface area contributed by atoms with Gasteiger partial charge in [-0.05, 0) is 36.6 Å². The number of halogens is 3. The Morgan fingerprint density at radius 3 is 2.36 bits per heavy atom. The number of nitrogens with two attached hydrogens (primary N) is 1. The van der Waals surface area contributed by atoms with Crippen molar-refractivity contribution in [3.05, 3.63) is 48.5 Å². The van der Waals surface area contributed by atoms with E-state index in [2.05, 4.69) is 4.98 Å². The topological polar surface area (TPSA) is 48.1 Å². The molecule has 1 aliphatic rings. The molecule has 120 valence electrons. The highest BCUT2D eigenvalue weighted by atomic mass is 35.5. The monoisotopic (exact) mass is 344 g/mol. The summed E-state index contributed by atoms with van der Waals surface area (Å²) in [7, 11) is 0. The van der Waals surface area contributed by atoms with Crippen molar-refractivity contribution < 1.29 is 9.13 Å². The lowest BCUT2D eigenvalue weighted by Gasteiger charge is -2.14. The van der Waals surface area contributed by atoms with Crippen LogP contribution in [0.5, 0.6) is 5.75 Å². The van der Waals surface area contributed by atoms with Crippen LogP contribution in [-0.4, -0.2) is 18.1 Å². The average Bonchev–Trinajstić information content (AvgIpc) is 3.27. The molecule has 1 aromatic heterocycles. The summed E-state index contributed by atoms with van der Waals surface area (Å²) in [6.07, 6.45) is 5.71. The van der Waals surface area contributed by atoms with Gasteiger partial charge in [-0.15, -0.1) is 24.8 Å². The Balaban J connectivity index is 0.00000121. The van der Waals surface area contributed by atoms with E-state index in [4.69, 9.17) is 10.5 Å². The summed E-state index contributed by atoms with van der Waals surface area (Å²) in [5.74, 6) is 0.485. The first kappa shape index (κ1) is 18.7. The van der Waals surface area contributed by atoms with Gasteiger partial charge in [0.2, 0.25) is 0 Å². The Morgan fingerprint density at radius 1 is 1.09 bits per heavy atom. The van der Waals surface area contributed by atoms with Crippen LogP contribution < -0.4 is 10.5 Å². The molecule has 2 aromatic rings. The van der Waals surface area contributed by atoms with Gasteiger partial charge in [-0.2, -0.15) is 0 Å². The average molecular weight is 345 g/mol. The lowest BCUT2D eigenvalue weighted by Crippen LogP contribution is -2.22. The summed E-state index contributed by atoms with van der Waals surface area (Å²) in [6, 6.07) is 8.27. The largest absolute Gasteiger partial charge is 0.491 e. The number of hydrogen-bond donors (Lipinski definition) is 1. The molecule has 0 spiro atoms. The minimum absolute atomic E-state index is 0. The molecule has 6 heteroatoms. The third kappa shape index (κ3) is 4.32. The second kappa shape index (κ2) is 7.77. The maximum Gasteiger partial charge on any atom is 0.138 e. The van der Waals surface area contributed by atoms with E-state index in [9.17, 15) is 4.39 Å². The van der Waals surface area contributed by atoms with Crippen LogP contribution in [0, 0.1) is 11.2 Å². The van der Waals surface area contributed by atoms with Gasteiger partial charge in [0.05, 0.1) is 12.8 Å². The SMILES string of the molecule is Cl.Cl.NCC1(COc2cncc(-c3ccc(F)cc3)c2)CC1. The van der Waals surface area contributed by atoms with E-state index in [0.29, 0.717) is 13.2 Å². The molecule has 1 aliphatic carbocycles. The summed E-state index contributed by atoms with van der Waals surface area (Å²) in [6.45, 7) is 1.30. The van der Waals surface area contributed by atoms with E-state index >= 15 is 0 Å². The van der Waals surface area contributed by atoms with Gasteiger partial charge in [0, 0.05) is 23.7 Å². The molecule has 3 nitrogen and oxygen atoms in total. The first-order chi connectivity index (χ1) is 9.71. The minimum atomic E-state index is -0.243. The third-order valence-electron chi connectivity index (χ3n) is 3.83. The number of nitrogens with zero attached hydrogens (tertiary/aromatic N) is 1. The quantitative estimate of drug-likeness (QED) is 0.895. The van der Waals surface area contributed by atoms with E-state index in [1.165, 1.54) is 12.1 Å². The zero-order chi connectivity index (χ0) is 14.0. The van der Waals surface area contributed by atoms with E-state index in [0.717, 1.165) is 29.7 Å². The Kier molecular flexibility index (Phi) is 6.60. The lowest BCUT2D eigenvalue weighted by molar-refractivity contribution is 0.238. The third-order valence-corrected chi connectivity index (χ3v) is 3.83. The number of benzene rings is 1. The van der Waals surface area contributed by atoms with E-state index in [1.54, 1.807) is 24.5 Å². The summed E-state index contributed by atoms with van der Waals surface area (Å²) in [5.41, 5.74) is 7.75. The number of hydrogen-bond acceptors (Lipinski definition) is 3. The van der Waals surface area contributed by atoms with Gasteiger partial charge >= 0.3 is 0 Å². The van der Waals surface area contributed by atoms with Crippen LogP contribution in [0.25, 0.3) is 11.1 Å². The molecule has 1 saturated carbocycles. The second-order valence-corrected chi connectivity index (χ2v) is 5.41. The highest BCUT2D eigenvalue weighted by Crippen LogP contribution is 2.44. The lowest BCUT2D eigenvalue weighted by atomic mass is 10.1. The summed E-state index contributed by atoms with van der Waals surface area (Å²) < 4.78 is 18.7. The Labute approximate surface area is 141 Å². The molecule has 0 radical (unpaired) electrons. The predicted octanol–water partition coefficient (Wildman–Crippen LogP) is 3.85. The Hall–Kier alpha value is -1.36. The minimum Gasteiger partial charge on any atom is -0.491 e. The number of pyridine rings is 1. The van der Waals surface area contributed by atoms with Crippen LogP contribution >= 0.6 is 24.8 Å². The Bertz CT molecular complexity index is 603. The smallest absolute Gasteiger partial charge is 0.138 e. The molecular weight excluding hydrogens is 326 g/mol. The standard InChI is InChI=1S/C16H17FN2O.2ClH/c17-14-3-1-12(2-4-14)13-7-15(9-19-8-13)20-11-16(10-18)5-6-16;;/h1-4,7-9H,5-6,10-11,18H2;2*1H. The van der Waals surface area contributed by atoms with E-state index < -0.39 is 0 Å². The maximum atomic E-state index is 12.9. The van der Waals surface area contributed by atoms with Crippen LogP contribution in [0.15, 0.2) is 42.7 Å². The van der Waals surface area contributed by atoms with Crippen molar-refractivity contribution in [2.75, 3.05) is 13.2 Å². The Morgan fingerprint density at radius 2 is 1.77 bits per heavy atom. The van der Waals surface area contributed by atoms with Gasteiger partial charge in [0.25, 0.3) is 0 Å². The van der Waals surface area contributed by atoms with Crippen molar-refractivity contribution in [2.24, 2.45) is 11.1 Å². The number of aromatic nitrogens is 1. The van der Waals surface area contributed by atoms with E-state index in [-0.39, 0.29) is 36.0 Å². The molecule has 0 bridgehead atoms. The molecule has 1 heterocycles. The van der Waals surface area contributed by atoms with Crippen molar-refractivity contribution in [1.82, 2.24) is 4.98 Å². The van der Waals surface area contributed by atoms with Crippen LogP contribution in [0.2, 0.25) is 0 Å². The molecule has 0 amide bonds. The fourth-order valence-corrected chi connectivity index (χ4v) is 2.12. The maximum absolute atomic E-state index is 12.9. The molecule has 1 fully saturated rings. The predicted molar refractivity (Wildman–Crippen MR) is 90.3 cm³/mol. The van der Waals surface area contributed by atoms with Crippen molar-refractivity contribution in [3.63, 3.8) is 0 Å². The number of rotatable bonds is 5. The van der Waals surface area contributed by atoms with Crippen molar-refractivity contribution in [2.45, 2.75) is 12.8 Å². The molecular formula is C16H19Cl2FN2O. The molecule has 2 N–H and O–H groups in total. The van der Waals surface area contributed by atoms with Gasteiger partial charge < -0.3 is 10.5 Å². The number of ether oxygens (including phenoxy) is 1.